The van der Waals surface area contributed by atoms with E-state index in [0.717, 1.165) is 0 Å². The summed E-state index contributed by atoms with van der Waals surface area (Å²) in [5.41, 5.74) is -1.53. The van der Waals surface area contributed by atoms with Crippen LogP contribution in [0, 0.1) is 10.8 Å². The van der Waals surface area contributed by atoms with E-state index in [1.165, 1.54) is 23.2 Å². The number of rotatable bonds is 9. The highest BCUT2D eigenvalue weighted by molar-refractivity contribution is 7.54. The molecule has 1 aromatic rings. The molecule has 0 aliphatic rings. The molecule has 0 spiro atoms. The Morgan fingerprint density at radius 1 is 1.07 bits per heavy atom. The normalized spacial score (nSPS) is 13.6. The lowest BCUT2D eigenvalue weighted by Crippen LogP contribution is -2.25. The molecule has 1 unspecified atom stereocenters. The third kappa shape index (κ3) is 6.85. The van der Waals surface area contributed by atoms with Crippen molar-refractivity contribution in [3.63, 3.8) is 0 Å². The minimum Gasteiger partial charge on any atom is -0.438 e. The molecule has 11 heteroatoms. The summed E-state index contributed by atoms with van der Waals surface area (Å²) in [6.45, 7) is 12.4. The summed E-state index contributed by atoms with van der Waals surface area (Å²) in [6.07, 6.45) is 4.10. The molecule has 0 radical (unpaired) electrons. The monoisotopic (exact) mass is 417 g/mol. The molecule has 28 heavy (non-hydrogen) atoms. The number of carbonyl (C=O) groups excluding carboxylic acids is 2. The summed E-state index contributed by atoms with van der Waals surface area (Å²) in [5, 5.41) is 7.41. The Labute approximate surface area is 164 Å². The molecule has 0 amide bonds. The number of allylic oxidation sites excluding steroid dienone is 1. The molecule has 1 aromatic heterocycles. The third-order valence-corrected chi connectivity index (χ3v) is 5.34. The zero-order chi connectivity index (χ0) is 21.6. The highest BCUT2D eigenvalue weighted by Gasteiger charge is 2.38. The largest absolute Gasteiger partial charge is 0.438 e. The van der Waals surface area contributed by atoms with Crippen LogP contribution in [0.1, 0.15) is 47.3 Å². The van der Waals surface area contributed by atoms with Gasteiger partial charge in [0, 0.05) is 6.20 Å². The molecule has 0 saturated heterocycles. The van der Waals surface area contributed by atoms with Gasteiger partial charge in [-0.2, -0.15) is 0 Å². The van der Waals surface area contributed by atoms with E-state index >= 15 is 0 Å². The van der Waals surface area contributed by atoms with E-state index in [9.17, 15) is 14.2 Å². The summed E-state index contributed by atoms with van der Waals surface area (Å²) < 4.78 is 35.1. The number of ether oxygens (including phenoxy) is 2. The molecule has 1 rings (SSSR count). The molecule has 0 bridgehead atoms. The molecule has 0 N–H and O–H groups in total. The molecule has 0 aromatic carbocycles. The number of nitrogens with zero attached hydrogens (tertiary/aromatic N) is 3. The minimum atomic E-state index is -4.05. The SMILES string of the molecule is C=CC(n1ccnn1)P(=O)(OCOC(=O)C(C)(C)C)OCOC(=O)C(C)(C)C. The smallest absolute Gasteiger partial charge is 0.364 e. The predicted molar refractivity (Wildman–Crippen MR) is 99.9 cm³/mol. The standard InChI is InChI=1S/C17H28N3O7P/c1-8-13(20-10-9-18-19-20)28(23,26-11-24-14(21)16(2,3)4)27-12-25-15(22)17(5,6)7/h8-10,13H,1,11-12H2,2-7H3. The first-order chi connectivity index (χ1) is 12.8. The second-order valence-corrected chi connectivity index (χ2v) is 10.1. The van der Waals surface area contributed by atoms with Gasteiger partial charge in [0.25, 0.3) is 0 Å². The lowest BCUT2D eigenvalue weighted by atomic mass is 9.98. The first-order valence-electron chi connectivity index (χ1n) is 8.53. The lowest BCUT2D eigenvalue weighted by molar-refractivity contribution is -0.162. The molecule has 0 fully saturated rings. The van der Waals surface area contributed by atoms with E-state index in [4.69, 9.17) is 18.5 Å². The maximum atomic E-state index is 13.3. The van der Waals surface area contributed by atoms with Gasteiger partial charge in [0.05, 0.1) is 17.0 Å². The van der Waals surface area contributed by atoms with Crippen LogP contribution in [0.15, 0.2) is 25.0 Å². The van der Waals surface area contributed by atoms with Crippen molar-refractivity contribution in [3.05, 3.63) is 25.0 Å². The van der Waals surface area contributed by atoms with Crippen LogP contribution in [0.25, 0.3) is 0 Å². The Kier molecular flexibility index (Phi) is 8.10. The lowest BCUT2D eigenvalue weighted by Gasteiger charge is -2.25. The highest BCUT2D eigenvalue weighted by Crippen LogP contribution is 2.59. The summed E-state index contributed by atoms with van der Waals surface area (Å²) in [4.78, 5) is 23.8. The van der Waals surface area contributed by atoms with Crippen LogP contribution in [-0.4, -0.2) is 40.5 Å². The van der Waals surface area contributed by atoms with Crippen molar-refractivity contribution in [2.24, 2.45) is 10.8 Å². The van der Waals surface area contributed by atoms with Gasteiger partial charge in [-0.05, 0) is 41.5 Å². The maximum absolute atomic E-state index is 13.3. The fraction of sp³-hybridized carbons (Fsp3) is 0.647. The van der Waals surface area contributed by atoms with Gasteiger partial charge in [-0.3, -0.25) is 23.2 Å². The second kappa shape index (κ2) is 9.45. The minimum absolute atomic E-state index is 0.547. The topological polar surface area (TPSA) is 119 Å². The van der Waals surface area contributed by atoms with Crippen molar-refractivity contribution >= 4 is 19.5 Å². The fourth-order valence-corrected chi connectivity index (χ4v) is 3.12. The van der Waals surface area contributed by atoms with Crippen LogP contribution in [0.3, 0.4) is 0 Å². The molecule has 0 saturated carbocycles. The van der Waals surface area contributed by atoms with Gasteiger partial charge >= 0.3 is 19.5 Å². The van der Waals surface area contributed by atoms with Crippen molar-refractivity contribution in [1.29, 1.82) is 0 Å². The van der Waals surface area contributed by atoms with Crippen molar-refractivity contribution < 1.29 is 32.7 Å². The summed E-state index contributed by atoms with van der Waals surface area (Å²) >= 11 is 0. The van der Waals surface area contributed by atoms with Gasteiger partial charge in [-0.25, -0.2) is 4.68 Å². The quantitative estimate of drug-likeness (QED) is 0.258. The van der Waals surface area contributed by atoms with Gasteiger partial charge < -0.3 is 9.47 Å². The number of esters is 2. The fourth-order valence-electron chi connectivity index (χ4n) is 1.67. The average molecular weight is 417 g/mol. The number of hydrogen-bond donors (Lipinski definition) is 0. The Morgan fingerprint density at radius 3 is 1.86 bits per heavy atom. The van der Waals surface area contributed by atoms with Crippen LogP contribution in [0.2, 0.25) is 0 Å². The third-order valence-electron chi connectivity index (χ3n) is 3.32. The number of aromatic nitrogens is 3. The summed E-state index contributed by atoms with van der Waals surface area (Å²) in [7, 11) is -4.05. The van der Waals surface area contributed by atoms with E-state index in [1.807, 2.05) is 0 Å². The van der Waals surface area contributed by atoms with Crippen LogP contribution < -0.4 is 0 Å². The van der Waals surface area contributed by atoms with Gasteiger partial charge in [0.1, 0.15) is 0 Å². The van der Waals surface area contributed by atoms with E-state index in [2.05, 4.69) is 16.9 Å². The first kappa shape index (κ1) is 24.0. The molecule has 0 aliphatic heterocycles. The molecule has 10 nitrogen and oxygen atoms in total. The molecule has 158 valence electrons. The van der Waals surface area contributed by atoms with E-state index < -0.39 is 49.7 Å². The van der Waals surface area contributed by atoms with Crippen molar-refractivity contribution in [3.8, 4) is 0 Å². The van der Waals surface area contributed by atoms with Crippen molar-refractivity contribution in [1.82, 2.24) is 15.0 Å². The van der Waals surface area contributed by atoms with Gasteiger partial charge in [0.15, 0.2) is 5.78 Å². The van der Waals surface area contributed by atoms with Crippen LogP contribution >= 0.6 is 7.60 Å². The number of carbonyl (C=O) groups is 2. The van der Waals surface area contributed by atoms with Gasteiger partial charge in [0.2, 0.25) is 13.6 Å². The molecule has 1 heterocycles. The van der Waals surface area contributed by atoms with E-state index in [0.29, 0.717) is 0 Å². The second-order valence-electron chi connectivity index (χ2n) is 7.93. The molecule has 1 atom stereocenters. The average Bonchev–Trinajstić information content (AvgIpc) is 3.07. The maximum Gasteiger partial charge on any atom is 0.364 e. The van der Waals surface area contributed by atoms with E-state index in [1.54, 1.807) is 41.5 Å². The highest BCUT2D eigenvalue weighted by atomic mass is 31.2. The van der Waals surface area contributed by atoms with Crippen LogP contribution in [-0.2, 0) is 32.7 Å². The first-order valence-corrected chi connectivity index (χ1v) is 10.1. The number of hydrogen-bond acceptors (Lipinski definition) is 9. The summed E-state index contributed by atoms with van der Waals surface area (Å²) in [6, 6.07) is 0. The Hall–Kier alpha value is -2.03. The Bertz CT molecular complexity index is 684. The zero-order valence-corrected chi connectivity index (χ0v) is 18.0. The Morgan fingerprint density at radius 2 is 1.54 bits per heavy atom. The van der Waals surface area contributed by atoms with Gasteiger partial charge in [-0.1, -0.05) is 11.3 Å². The molecular weight excluding hydrogens is 389 g/mol. The summed E-state index contributed by atoms with van der Waals surface area (Å²) in [5.74, 6) is -2.17. The van der Waals surface area contributed by atoms with Crippen LogP contribution in [0.5, 0.6) is 0 Å². The molecular formula is C17H28N3O7P. The van der Waals surface area contributed by atoms with Gasteiger partial charge in [-0.15, -0.1) is 11.7 Å². The zero-order valence-electron chi connectivity index (χ0n) is 17.1. The van der Waals surface area contributed by atoms with E-state index in [-0.39, 0.29) is 0 Å². The predicted octanol–water partition coefficient (Wildman–Crippen LogP) is 3.28. The van der Waals surface area contributed by atoms with Crippen molar-refractivity contribution in [2.75, 3.05) is 13.6 Å². The van der Waals surface area contributed by atoms with Crippen molar-refractivity contribution in [2.45, 2.75) is 47.3 Å². The molecule has 0 aliphatic carbocycles. The Balaban J connectivity index is 2.90. The van der Waals surface area contributed by atoms with Crippen LogP contribution in [0.4, 0.5) is 0 Å².